The minimum Gasteiger partial charge on any atom is -0.389 e. The first kappa shape index (κ1) is 114. The zero-order chi connectivity index (χ0) is 91.1. The second-order valence-electron chi connectivity index (χ2n) is 49.5. The second kappa shape index (κ2) is 51.5. The number of alkyl halides is 2. The van der Waals surface area contributed by atoms with E-state index >= 15 is 0 Å². The number of ether oxygens (including phenoxy) is 6. The van der Waals surface area contributed by atoms with Crippen LogP contribution in [0.25, 0.3) is 0 Å². The van der Waals surface area contributed by atoms with Crippen molar-refractivity contribution in [2.75, 3.05) is 230 Å². The number of rotatable bonds is 27. The van der Waals surface area contributed by atoms with Crippen molar-refractivity contribution in [1.82, 2.24) is 53.9 Å². The Morgan fingerprint density at radius 1 is 0.378 bits per heavy atom. The molecule has 6 saturated heterocycles. The van der Waals surface area contributed by atoms with Gasteiger partial charge in [0.05, 0.1) is 61.0 Å². The number of likely N-dealkylation sites (N-methyl/N-ethyl adjacent to an activating group) is 1. The number of nitrogens with zero attached hydrogens (tertiary/aromatic N) is 11. The first-order chi connectivity index (χ1) is 54.0. The van der Waals surface area contributed by atoms with Gasteiger partial charge < -0.3 is 58.0 Å². The van der Waals surface area contributed by atoms with E-state index in [1.54, 1.807) is 20.8 Å². The van der Waals surface area contributed by atoms with Gasteiger partial charge in [0, 0.05) is 205 Å². The van der Waals surface area contributed by atoms with Gasteiger partial charge in [-0.25, -0.2) is 8.78 Å². The molecule has 18 nitrogen and oxygen atoms in total. The lowest BCUT2D eigenvalue weighted by Gasteiger charge is -2.43. The molecule has 0 radical (unpaired) electrons. The van der Waals surface area contributed by atoms with Crippen LogP contribution in [0.2, 0.25) is 0 Å². The molecule has 119 heavy (non-hydrogen) atoms. The molecule has 0 aromatic carbocycles. The maximum absolute atomic E-state index is 13.9. The summed E-state index contributed by atoms with van der Waals surface area (Å²) in [4.78, 5) is 27.2. The Balaban J connectivity index is 0.000000484. The quantitative estimate of drug-likeness (QED) is 0.0787. The number of piperidine rings is 1. The molecule has 3 atom stereocenters. The van der Waals surface area contributed by atoms with E-state index in [2.05, 4.69) is 264 Å². The summed E-state index contributed by atoms with van der Waals surface area (Å²) in [6.07, 6.45) is 12.8. The molecule has 1 N–H and O–H groups in total. The Hall–Kier alpha value is -0.860. The van der Waals surface area contributed by atoms with Gasteiger partial charge in [-0.15, -0.1) is 0 Å². The number of halogens is 2. The van der Waals surface area contributed by atoms with Crippen LogP contribution in [0, 0.1) is 33.5 Å². The van der Waals surface area contributed by atoms with Crippen molar-refractivity contribution in [2.24, 2.45) is 33.5 Å². The zero-order valence-corrected chi connectivity index (χ0v) is 86.1. The van der Waals surface area contributed by atoms with E-state index in [4.69, 9.17) is 28.4 Å². The predicted molar refractivity (Wildman–Crippen MR) is 506 cm³/mol. The Morgan fingerprint density at radius 3 is 1.20 bits per heavy atom. The van der Waals surface area contributed by atoms with E-state index in [1.165, 1.54) is 137 Å². The normalized spacial score (nSPS) is 22.9. The SMILES string of the molecule is CC(C)(C)CCOC1CCCN(CCCOC(C)(C)C)C1.CC(C)(C)CN1CCC(CN2CCN(C(C)(C)C)CC2)C1.CC(C)(C)OCC(F)(F)CN1CCN(C(C)(C)C)CC1.CC(C)(C)OCC(O)CN1CCN(C(C)(C)C)CC1.CC(C)(C)OCCCN1CCN(C(C)(C)C)CC1.CN(CCOCC(C)(C)C)C1CCC(C(C)(C)C)CC1. The summed E-state index contributed by atoms with van der Waals surface area (Å²) in [5.74, 6) is -0.977. The Morgan fingerprint density at radius 2 is 0.798 bits per heavy atom. The van der Waals surface area contributed by atoms with Crippen molar-refractivity contribution in [3.63, 3.8) is 0 Å². The average Bonchev–Trinajstić information content (AvgIpc) is 1.85. The molecule has 0 bridgehead atoms. The van der Waals surface area contributed by atoms with Crippen LogP contribution >= 0.6 is 0 Å². The fourth-order valence-electron chi connectivity index (χ4n) is 16.4. The first-order valence-corrected chi connectivity index (χ1v) is 47.9. The van der Waals surface area contributed by atoms with Crippen molar-refractivity contribution in [2.45, 2.75) is 382 Å². The molecule has 3 unspecified atom stereocenters. The van der Waals surface area contributed by atoms with Crippen molar-refractivity contribution in [1.29, 1.82) is 0 Å². The Bertz CT molecular complexity index is 2570. The summed E-state index contributed by atoms with van der Waals surface area (Å²) in [5, 5.41) is 10.0. The van der Waals surface area contributed by atoms with Crippen molar-refractivity contribution in [3.05, 3.63) is 0 Å². The predicted octanol–water partition coefficient (Wildman–Crippen LogP) is 18.5. The van der Waals surface area contributed by atoms with Crippen LogP contribution in [0.5, 0.6) is 0 Å². The van der Waals surface area contributed by atoms with Crippen molar-refractivity contribution >= 4 is 0 Å². The fraction of sp³-hybridized carbons (Fsp3) is 1.00. The molecule has 0 aromatic rings. The summed E-state index contributed by atoms with van der Waals surface area (Å²) >= 11 is 0. The van der Waals surface area contributed by atoms with Crippen LogP contribution in [0.15, 0.2) is 0 Å². The van der Waals surface area contributed by atoms with Gasteiger partial charge in [0.2, 0.25) is 0 Å². The van der Waals surface area contributed by atoms with E-state index in [1.807, 2.05) is 25.7 Å². The lowest BCUT2D eigenvalue weighted by Crippen LogP contribution is -2.55. The summed E-state index contributed by atoms with van der Waals surface area (Å²) in [7, 11) is 2.27. The number of aliphatic hydroxyl groups is 1. The molecule has 7 fully saturated rings. The minimum absolute atomic E-state index is 0.00489. The highest BCUT2D eigenvalue weighted by atomic mass is 19.3. The molecule has 6 aliphatic heterocycles. The van der Waals surface area contributed by atoms with Crippen LogP contribution in [0.4, 0.5) is 8.78 Å². The van der Waals surface area contributed by atoms with Gasteiger partial charge in [-0.3, -0.25) is 29.4 Å². The van der Waals surface area contributed by atoms with Gasteiger partial charge in [-0.05, 0) is 284 Å². The molecule has 0 spiro atoms. The van der Waals surface area contributed by atoms with Crippen LogP contribution in [0.3, 0.4) is 0 Å². The Kier molecular flexibility index (Phi) is 49.4. The standard InChI is InChI=1S/C18H37N3.C18H37NO2.C18H37NO.C15H30F2N2O.C15H32N2O2.C15H32N2O/c1-17(2,3)15-20-8-7-16(14-20)13-19-9-11-21(12-10-19)18(4,5)6;1-17(2,3)10-14-20-16-9-7-11-19(15-16)12-8-13-21-18(4,5)6;1-17(2,3)14-20-13-12-19(7)16-10-8-15(9-11-16)18(4,5)6;1-13(2,3)19-9-7-18(8-10-19)11-15(16,17)12-20-14(4,5)6;1-14(2,3)17-9-7-16(8-10-17)11-13(18)12-19-15(4,5)6;1-14(2,3)17-11-9-16(10-12-17)8-7-13-18-15(4,5)6/h2*16H,7-15H2,1-6H3;15-16H,8-14H2,1-7H3;7-12H2,1-6H3;13,18H,7-12H2,1-6H3;7-13H2,1-6H3. The van der Waals surface area contributed by atoms with Gasteiger partial charge >= 0.3 is 0 Å². The van der Waals surface area contributed by atoms with Crippen LogP contribution in [-0.2, 0) is 28.4 Å². The van der Waals surface area contributed by atoms with Gasteiger partial charge in [-0.2, -0.15) is 0 Å². The smallest absolute Gasteiger partial charge is 0.283 e. The number of likely N-dealkylation sites (tertiary alicyclic amines) is 2. The number of piperazine rings is 4. The highest BCUT2D eigenvalue weighted by molar-refractivity contribution is 4.90. The molecule has 0 aromatic heterocycles. The second-order valence-corrected chi connectivity index (χ2v) is 49.5. The van der Waals surface area contributed by atoms with E-state index < -0.39 is 18.1 Å². The minimum atomic E-state index is -2.78. The topological polar surface area (TPSA) is 111 Å². The molecule has 0 amide bonds. The van der Waals surface area contributed by atoms with E-state index in [0.29, 0.717) is 59.7 Å². The largest absolute Gasteiger partial charge is 0.389 e. The summed E-state index contributed by atoms with van der Waals surface area (Å²) in [6.45, 7) is 112. The maximum atomic E-state index is 13.9. The Labute approximate surface area is 738 Å². The number of aliphatic hydroxyl groups excluding tert-OH is 1. The van der Waals surface area contributed by atoms with Crippen molar-refractivity contribution < 1.29 is 42.3 Å². The van der Waals surface area contributed by atoms with Crippen LogP contribution in [0.1, 0.15) is 313 Å². The van der Waals surface area contributed by atoms with Crippen molar-refractivity contribution in [3.8, 4) is 0 Å². The third-order valence-corrected chi connectivity index (χ3v) is 23.9. The van der Waals surface area contributed by atoms with Crippen LogP contribution < -0.4 is 0 Å². The van der Waals surface area contributed by atoms with Gasteiger partial charge in [0.25, 0.3) is 5.92 Å². The highest BCUT2D eigenvalue weighted by Gasteiger charge is 2.38. The van der Waals surface area contributed by atoms with E-state index in [0.717, 1.165) is 129 Å². The summed E-state index contributed by atoms with van der Waals surface area (Å²) < 4.78 is 62.0. The molecule has 20 heteroatoms. The molecular weight excluding hydrogens is 1490 g/mol. The van der Waals surface area contributed by atoms with Gasteiger partial charge in [0.15, 0.2) is 0 Å². The fourth-order valence-corrected chi connectivity index (χ4v) is 16.4. The molecular formula is C99H205F2N11O7. The third-order valence-electron chi connectivity index (χ3n) is 23.9. The average molecular weight is 1700 g/mol. The first-order valence-electron chi connectivity index (χ1n) is 47.9. The van der Waals surface area contributed by atoms with Gasteiger partial charge in [0.1, 0.15) is 6.61 Å². The number of hydrogen-bond donors (Lipinski definition) is 1. The summed E-state index contributed by atoms with van der Waals surface area (Å²) in [6, 6.07) is 0.770. The molecule has 7 aliphatic rings. The molecule has 712 valence electrons. The molecule has 1 aliphatic carbocycles. The maximum Gasteiger partial charge on any atom is 0.283 e. The lowest BCUT2D eigenvalue weighted by atomic mass is 9.71. The monoisotopic (exact) mass is 1700 g/mol. The summed E-state index contributed by atoms with van der Waals surface area (Å²) in [5.41, 5.74) is 1.90. The van der Waals surface area contributed by atoms with Crippen LogP contribution in [-0.4, -0.2) is 358 Å². The lowest BCUT2D eigenvalue weighted by molar-refractivity contribution is -0.135. The van der Waals surface area contributed by atoms with Gasteiger partial charge in [-0.1, -0.05) is 83.1 Å². The zero-order valence-electron chi connectivity index (χ0n) is 86.1. The molecule has 1 saturated carbocycles. The number of hydrogen-bond acceptors (Lipinski definition) is 18. The third kappa shape index (κ3) is 57.6. The van der Waals surface area contributed by atoms with E-state index in [9.17, 15) is 13.9 Å². The molecule has 7 rings (SSSR count). The molecule has 6 heterocycles. The highest BCUT2D eigenvalue weighted by Crippen LogP contribution is 2.39. The number of β-amino-alcohol motifs (C(OH)–C–C–N with tert-alkyl or cyclic N) is 1. The van der Waals surface area contributed by atoms with E-state index in [-0.39, 0.29) is 45.9 Å².